The van der Waals surface area contributed by atoms with Gasteiger partial charge in [0.25, 0.3) is 0 Å². The zero-order valence-electron chi connectivity index (χ0n) is 17.0. The molecule has 2 atom stereocenters. The molecule has 0 bridgehead atoms. The number of ether oxygens (including phenoxy) is 1. The predicted molar refractivity (Wildman–Crippen MR) is 112 cm³/mol. The number of carbonyl (C=O) groups is 2. The number of rotatable bonds is 6. The van der Waals surface area contributed by atoms with Crippen molar-refractivity contribution < 1.29 is 23.8 Å². The lowest BCUT2D eigenvalue weighted by atomic mass is 9.98. The minimum Gasteiger partial charge on any atom is -0.394 e. The Morgan fingerprint density at radius 3 is 2.53 bits per heavy atom. The molecule has 30 heavy (non-hydrogen) atoms. The minimum atomic E-state index is -0.496. The number of morpholine rings is 1. The second-order valence-electron chi connectivity index (χ2n) is 7.63. The number of nitrogens with zero attached hydrogens (tertiary/aromatic N) is 1. The van der Waals surface area contributed by atoms with Gasteiger partial charge in [0.2, 0.25) is 5.91 Å². The van der Waals surface area contributed by atoms with Crippen LogP contribution in [-0.4, -0.2) is 47.7 Å². The van der Waals surface area contributed by atoms with Gasteiger partial charge in [-0.05, 0) is 41.8 Å². The zero-order valence-corrected chi connectivity index (χ0v) is 17.0. The number of aliphatic hydroxyl groups is 1. The monoisotopic (exact) mass is 415 g/mol. The number of carbonyl (C=O) groups excluding carboxylic acids is 2. The number of anilines is 2. The second kappa shape index (κ2) is 9.69. The van der Waals surface area contributed by atoms with E-state index in [0.717, 1.165) is 5.56 Å². The van der Waals surface area contributed by atoms with E-state index < -0.39 is 24.0 Å². The summed E-state index contributed by atoms with van der Waals surface area (Å²) >= 11 is 0. The molecule has 8 heteroatoms. The molecule has 160 valence electrons. The maximum absolute atomic E-state index is 13.2. The van der Waals surface area contributed by atoms with E-state index in [0.29, 0.717) is 17.9 Å². The van der Waals surface area contributed by atoms with Crippen LogP contribution in [0, 0.1) is 11.7 Å². The lowest BCUT2D eigenvalue weighted by Gasteiger charge is -2.41. The summed E-state index contributed by atoms with van der Waals surface area (Å²) in [4.78, 5) is 26.0. The van der Waals surface area contributed by atoms with Crippen molar-refractivity contribution in [1.29, 1.82) is 0 Å². The van der Waals surface area contributed by atoms with Gasteiger partial charge in [0.05, 0.1) is 12.6 Å². The average Bonchev–Trinajstić information content (AvgIpc) is 2.69. The minimum absolute atomic E-state index is 0.0378. The summed E-state index contributed by atoms with van der Waals surface area (Å²) in [5.74, 6) is -0.302. The van der Waals surface area contributed by atoms with Gasteiger partial charge in [0, 0.05) is 17.9 Å². The van der Waals surface area contributed by atoms with Crippen LogP contribution in [0.2, 0.25) is 0 Å². The molecular formula is C22H26FN3O4. The van der Waals surface area contributed by atoms with Crippen LogP contribution in [0.15, 0.2) is 48.5 Å². The molecule has 3 rings (SSSR count). The predicted octanol–water partition coefficient (Wildman–Crippen LogP) is 3.39. The number of halogens is 1. The molecule has 0 aromatic heterocycles. The van der Waals surface area contributed by atoms with E-state index in [2.05, 4.69) is 10.6 Å². The van der Waals surface area contributed by atoms with Gasteiger partial charge in [-0.1, -0.05) is 32.0 Å². The highest BCUT2D eigenvalue weighted by Crippen LogP contribution is 2.30. The number of hydrogen-bond donors (Lipinski definition) is 3. The average molecular weight is 415 g/mol. The quantitative estimate of drug-likeness (QED) is 0.675. The van der Waals surface area contributed by atoms with Crippen LogP contribution >= 0.6 is 0 Å². The third-order valence-corrected chi connectivity index (χ3v) is 4.78. The Morgan fingerprint density at radius 2 is 1.90 bits per heavy atom. The smallest absolute Gasteiger partial charge is 0.323 e. The maximum atomic E-state index is 13.2. The summed E-state index contributed by atoms with van der Waals surface area (Å²) in [5.41, 5.74) is 1.69. The maximum Gasteiger partial charge on any atom is 0.323 e. The molecule has 1 aliphatic rings. The fourth-order valence-electron chi connectivity index (χ4n) is 3.46. The molecule has 0 aliphatic carbocycles. The van der Waals surface area contributed by atoms with Crippen LogP contribution in [0.3, 0.4) is 0 Å². The Labute approximate surface area is 174 Å². The molecule has 0 saturated carbocycles. The van der Waals surface area contributed by atoms with E-state index in [1.807, 2.05) is 13.8 Å². The largest absolute Gasteiger partial charge is 0.394 e. The first-order valence-electron chi connectivity index (χ1n) is 9.83. The van der Waals surface area contributed by atoms with Crippen LogP contribution in [0.1, 0.15) is 25.5 Å². The molecular weight excluding hydrogens is 389 g/mol. The standard InChI is InChI=1S/C22H26FN3O4/c1-14(2)11-26-19(12-27)21(30-13-20(26)28)15-6-8-17(9-7-15)24-22(29)25-18-5-3-4-16(23)10-18/h3-10,14,19,21,27H,11-13H2,1-2H3,(H2,24,25,29). The number of amides is 3. The van der Waals surface area contributed by atoms with Gasteiger partial charge in [-0.3, -0.25) is 4.79 Å². The molecule has 2 aromatic rings. The molecule has 3 amide bonds. The third-order valence-electron chi connectivity index (χ3n) is 4.78. The number of nitrogens with one attached hydrogen (secondary N) is 2. The van der Waals surface area contributed by atoms with Crippen molar-refractivity contribution in [2.75, 3.05) is 30.4 Å². The lowest BCUT2D eigenvalue weighted by Crippen LogP contribution is -2.53. The van der Waals surface area contributed by atoms with Gasteiger partial charge >= 0.3 is 6.03 Å². The van der Waals surface area contributed by atoms with E-state index in [9.17, 15) is 19.1 Å². The van der Waals surface area contributed by atoms with Gasteiger partial charge in [-0.25, -0.2) is 9.18 Å². The van der Waals surface area contributed by atoms with Gasteiger partial charge < -0.3 is 25.4 Å². The number of benzene rings is 2. The molecule has 7 nitrogen and oxygen atoms in total. The van der Waals surface area contributed by atoms with Gasteiger partial charge in [0.1, 0.15) is 18.5 Å². The van der Waals surface area contributed by atoms with Crippen LogP contribution in [0.4, 0.5) is 20.6 Å². The van der Waals surface area contributed by atoms with Gasteiger partial charge in [0.15, 0.2) is 0 Å². The molecule has 2 aromatic carbocycles. The molecule has 1 fully saturated rings. The third kappa shape index (κ3) is 5.34. The first-order chi connectivity index (χ1) is 14.4. The molecule has 0 radical (unpaired) electrons. The van der Waals surface area contributed by atoms with Crippen molar-refractivity contribution in [3.05, 3.63) is 59.9 Å². The van der Waals surface area contributed by atoms with Crippen molar-refractivity contribution in [2.45, 2.75) is 26.0 Å². The normalized spacial score (nSPS) is 19.1. The van der Waals surface area contributed by atoms with E-state index in [1.54, 1.807) is 35.2 Å². The van der Waals surface area contributed by atoms with E-state index in [-0.39, 0.29) is 25.0 Å². The molecule has 1 aliphatic heterocycles. The molecule has 2 unspecified atom stereocenters. The fourth-order valence-corrected chi connectivity index (χ4v) is 3.46. The summed E-state index contributed by atoms with van der Waals surface area (Å²) in [6.45, 7) is 4.33. The summed E-state index contributed by atoms with van der Waals surface area (Å²) in [5, 5.41) is 15.1. The Morgan fingerprint density at radius 1 is 1.20 bits per heavy atom. The molecule has 1 saturated heterocycles. The van der Waals surface area contributed by atoms with Crippen LogP contribution in [-0.2, 0) is 9.53 Å². The first kappa shape index (κ1) is 21.7. The van der Waals surface area contributed by atoms with Crippen molar-refractivity contribution in [1.82, 2.24) is 4.90 Å². The van der Waals surface area contributed by atoms with Crippen molar-refractivity contribution in [3.8, 4) is 0 Å². The highest BCUT2D eigenvalue weighted by molar-refractivity contribution is 5.99. The SMILES string of the molecule is CC(C)CN1C(=O)COC(c2ccc(NC(=O)Nc3cccc(F)c3)cc2)C1CO. The van der Waals surface area contributed by atoms with Crippen molar-refractivity contribution >= 4 is 23.3 Å². The Hall–Kier alpha value is -2.97. The number of urea groups is 1. The molecule has 3 N–H and O–H groups in total. The number of hydrogen-bond acceptors (Lipinski definition) is 4. The van der Waals surface area contributed by atoms with E-state index in [4.69, 9.17) is 4.74 Å². The fraction of sp³-hybridized carbons (Fsp3) is 0.364. The zero-order chi connectivity index (χ0) is 21.7. The van der Waals surface area contributed by atoms with Gasteiger partial charge in [-0.15, -0.1) is 0 Å². The van der Waals surface area contributed by atoms with Crippen LogP contribution in [0.5, 0.6) is 0 Å². The Balaban J connectivity index is 1.66. The summed E-state index contributed by atoms with van der Waals surface area (Å²) in [6, 6.07) is 11.6. The molecule has 0 spiro atoms. The summed E-state index contributed by atoms with van der Waals surface area (Å²) in [7, 11) is 0. The Bertz CT molecular complexity index is 888. The van der Waals surface area contributed by atoms with Crippen molar-refractivity contribution in [3.63, 3.8) is 0 Å². The van der Waals surface area contributed by atoms with Crippen molar-refractivity contribution in [2.24, 2.45) is 5.92 Å². The first-order valence-corrected chi connectivity index (χ1v) is 9.83. The topological polar surface area (TPSA) is 90.9 Å². The number of aliphatic hydroxyl groups excluding tert-OH is 1. The lowest BCUT2D eigenvalue weighted by molar-refractivity contribution is -0.161. The molecule has 1 heterocycles. The summed E-state index contributed by atoms with van der Waals surface area (Å²) < 4.78 is 18.9. The highest BCUT2D eigenvalue weighted by Gasteiger charge is 2.37. The van der Waals surface area contributed by atoms with Crippen LogP contribution in [0.25, 0.3) is 0 Å². The Kier molecular flexibility index (Phi) is 7.02. The van der Waals surface area contributed by atoms with E-state index in [1.165, 1.54) is 18.2 Å². The highest BCUT2D eigenvalue weighted by atomic mass is 19.1. The van der Waals surface area contributed by atoms with Crippen LogP contribution < -0.4 is 10.6 Å². The van der Waals surface area contributed by atoms with E-state index >= 15 is 0 Å². The van der Waals surface area contributed by atoms with Gasteiger partial charge in [-0.2, -0.15) is 0 Å². The second-order valence-corrected chi connectivity index (χ2v) is 7.63. The summed E-state index contributed by atoms with van der Waals surface area (Å²) in [6.07, 6.45) is -0.457.